The van der Waals surface area contributed by atoms with Crippen molar-refractivity contribution in [2.24, 2.45) is 0 Å². The molecule has 2 aliphatic rings. The molecule has 25 heavy (non-hydrogen) atoms. The summed E-state index contributed by atoms with van der Waals surface area (Å²) in [6.07, 6.45) is 2.65. The van der Waals surface area contributed by atoms with Gasteiger partial charge in [0.05, 0.1) is 16.6 Å². The highest BCUT2D eigenvalue weighted by molar-refractivity contribution is 6.07. The lowest BCUT2D eigenvalue weighted by molar-refractivity contribution is -0.385. The van der Waals surface area contributed by atoms with Gasteiger partial charge in [-0.15, -0.1) is 0 Å². The first-order valence-corrected chi connectivity index (χ1v) is 7.32. The lowest BCUT2D eigenvalue weighted by atomic mass is 10.1. The van der Waals surface area contributed by atoms with E-state index in [0.717, 1.165) is 0 Å². The number of carbonyl (C=O) groups is 1. The van der Waals surface area contributed by atoms with Crippen LogP contribution in [0, 0.1) is 10.1 Å². The minimum Gasteiger partial charge on any atom is -0.454 e. The Balaban J connectivity index is 1.63. The van der Waals surface area contributed by atoms with Crippen LogP contribution in [-0.4, -0.2) is 24.3 Å². The zero-order valence-corrected chi connectivity index (χ0v) is 12.8. The molecule has 0 saturated heterocycles. The zero-order chi connectivity index (χ0) is 17.4. The van der Waals surface area contributed by atoms with Gasteiger partial charge in [-0.1, -0.05) is 0 Å². The van der Waals surface area contributed by atoms with Gasteiger partial charge in [0.1, 0.15) is 0 Å². The van der Waals surface area contributed by atoms with Crippen LogP contribution in [0.4, 0.5) is 5.69 Å². The molecule has 0 aliphatic carbocycles. The molecule has 8 heteroatoms. The van der Waals surface area contributed by atoms with Crippen molar-refractivity contribution in [1.29, 1.82) is 0 Å². The summed E-state index contributed by atoms with van der Waals surface area (Å²) in [5, 5.41) is 11.2. The average molecular weight is 341 g/mol. The topological polar surface area (TPSA) is 97.1 Å². The number of nitro groups is 1. The Hall–Kier alpha value is -3.55. The summed E-state index contributed by atoms with van der Waals surface area (Å²) in [5.74, 6) is 1.47. The van der Waals surface area contributed by atoms with Crippen LogP contribution in [0.5, 0.6) is 23.0 Å². The number of nitrogens with zero attached hydrogens (tertiary/aromatic N) is 1. The number of benzene rings is 2. The van der Waals surface area contributed by atoms with E-state index >= 15 is 0 Å². The molecule has 126 valence electrons. The van der Waals surface area contributed by atoms with Crippen LogP contribution in [0.15, 0.2) is 36.4 Å². The van der Waals surface area contributed by atoms with Gasteiger partial charge >= 0.3 is 0 Å². The van der Waals surface area contributed by atoms with E-state index in [1.54, 1.807) is 18.2 Å². The van der Waals surface area contributed by atoms with Crippen LogP contribution < -0.4 is 18.9 Å². The molecule has 8 nitrogen and oxygen atoms in total. The van der Waals surface area contributed by atoms with Crippen molar-refractivity contribution < 1.29 is 28.7 Å². The van der Waals surface area contributed by atoms with Gasteiger partial charge in [-0.05, 0) is 36.4 Å². The van der Waals surface area contributed by atoms with Crippen LogP contribution in [0.2, 0.25) is 0 Å². The minimum absolute atomic E-state index is 0.00970. The number of ketones is 1. The first kappa shape index (κ1) is 15.0. The van der Waals surface area contributed by atoms with E-state index in [4.69, 9.17) is 18.9 Å². The fraction of sp³-hybridized carbons (Fsp3) is 0.118. The van der Waals surface area contributed by atoms with E-state index in [9.17, 15) is 14.9 Å². The van der Waals surface area contributed by atoms with Crippen LogP contribution in [0.3, 0.4) is 0 Å². The van der Waals surface area contributed by atoms with Gasteiger partial charge in [0.25, 0.3) is 5.69 Å². The molecule has 0 saturated carbocycles. The van der Waals surface area contributed by atoms with Crippen LogP contribution in [0.1, 0.15) is 15.9 Å². The number of fused-ring (bicyclic) bond motifs is 2. The van der Waals surface area contributed by atoms with Crippen LogP contribution >= 0.6 is 0 Å². The van der Waals surface area contributed by atoms with Crippen molar-refractivity contribution in [3.8, 4) is 23.0 Å². The van der Waals surface area contributed by atoms with Gasteiger partial charge in [0, 0.05) is 5.56 Å². The second-order valence-corrected chi connectivity index (χ2v) is 5.29. The second-order valence-electron chi connectivity index (χ2n) is 5.29. The molecule has 2 aliphatic heterocycles. The van der Waals surface area contributed by atoms with Crippen molar-refractivity contribution in [1.82, 2.24) is 0 Å². The largest absolute Gasteiger partial charge is 0.454 e. The number of hydrogen-bond donors (Lipinski definition) is 0. The van der Waals surface area contributed by atoms with Gasteiger partial charge in [-0.25, -0.2) is 0 Å². The maximum Gasteiger partial charge on any atom is 0.280 e. The third-order valence-electron chi connectivity index (χ3n) is 3.79. The standard InChI is InChI=1S/C17H11NO7/c19-13(11-2-4-14-15(6-11)23-8-22-14)3-1-10-5-16-17(25-9-24-16)7-12(10)18(20)21/h1-7H,8-9H2/b3-1+. The average Bonchev–Trinajstić information content (AvgIpc) is 3.26. The Morgan fingerprint density at radius 2 is 1.60 bits per heavy atom. The van der Waals surface area contributed by atoms with Crippen molar-refractivity contribution in [3.63, 3.8) is 0 Å². The molecule has 0 atom stereocenters. The maximum absolute atomic E-state index is 12.3. The lowest BCUT2D eigenvalue weighted by Crippen LogP contribution is -1.96. The lowest BCUT2D eigenvalue weighted by Gasteiger charge is -2.01. The molecule has 0 radical (unpaired) electrons. The third kappa shape index (κ3) is 2.74. The van der Waals surface area contributed by atoms with E-state index in [2.05, 4.69) is 0 Å². The van der Waals surface area contributed by atoms with Crippen molar-refractivity contribution in [2.75, 3.05) is 13.6 Å². The van der Waals surface area contributed by atoms with Gasteiger partial charge in [-0.2, -0.15) is 0 Å². The number of allylic oxidation sites excluding steroid dienone is 1. The molecule has 0 spiro atoms. The molecule has 0 amide bonds. The normalized spacial score (nSPS) is 14.1. The smallest absolute Gasteiger partial charge is 0.280 e. The van der Waals surface area contributed by atoms with E-state index in [-0.39, 0.29) is 30.6 Å². The Morgan fingerprint density at radius 1 is 0.960 bits per heavy atom. The number of hydrogen-bond acceptors (Lipinski definition) is 7. The summed E-state index contributed by atoms with van der Waals surface area (Å²) in [6.45, 7) is 0.127. The Morgan fingerprint density at radius 3 is 2.32 bits per heavy atom. The minimum atomic E-state index is -0.535. The summed E-state index contributed by atoms with van der Waals surface area (Å²) in [7, 11) is 0. The zero-order valence-electron chi connectivity index (χ0n) is 12.8. The second kappa shape index (κ2) is 5.82. The number of rotatable bonds is 4. The Kier molecular flexibility index (Phi) is 3.50. The fourth-order valence-electron chi connectivity index (χ4n) is 2.55. The quantitative estimate of drug-likeness (QED) is 0.365. The highest BCUT2D eigenvalue weighted by Crippen LogP contribution is 2.38. The molecular weight excluding hydrogens is 330 g/mol. The summed E-state index contributed by atoms with van der Waals surface area (Å²) < 4.78 is 20.8. The highest BCUT2D eigenvalue weighted by Gasteiger charge is 2.22. The van der Waals surface area contributed by atoms with Crippen molar-refractivity contribution in [3.05, 3.63) is 57.6 Å². The van der Waals surface area contributed by atoms with E-state index in [1.165, 1.54) is 24.3 Å². The maximum atomic E-state index is 12.3. The van der Waals surface area contributed by atoms with Crippen LogP contribution in [0.25, 0.3) is 6.08 Å². The fourth-order valence-corrected chi connectivity index (χ4v) is 2.55. The molecule has 0 fully saturated rings. The van der Waals surface area contributed by atoms with Gasteiger partial charge in [-0.3, -0.25) is 14.9 Å². The molecular formula is C17H11NO7. The molecule has 0 bridgehead atoms. The van der Waals surface area contributed by atoms with E-state index in [1.807, 2.05) is 0 Å². The Labute approximate surface area is 141 Å². The van der Waals surface area contributed by atoms with Crippen molar-refractivity contribution >= 4 is 17.5 Å². The summed E-state index contributed by atoms with van der Waals surface area (Å²) in [5.41, 5.74) is 0.478. The molecule has 4 rings (SSSR count). The summed E-state index contributed by atoms with van der Waals surface area (Å²) >= 11 is 0. The first-order valence-electron chi connectivity index (χ1n) is 7.32. The monoisotopic (exact) mass is 341 g/mol. The summed E-state index contributed by atoms with van der Waals surface area (Å²) in [6, 6.07) is 7.58. The highest BCUT2D eigenvalue weighted by atomic mass is 16.7. The number of carbonyl (C=O) groups excluding carboxylic acids is 1. The van der Waals surface area contributed by atoms with E-state index in [0.29, 0.717) is 28.6 Å². The van der Waals surface area contributed by atoms with Gasteiger partial charge in [0.15, 0.2) is 28.8 Å². The molecule has 0 aromatic heterocycles. The third-order valence-corrected chi connectivity index (χ3v) is 3.79. The SMILES string of the molecule is O=C(/C=C/c1cc2c(cc1[N+](=O)[O-])OCO2)c1ccc2c(c1)OCO2. The molecule has 2 aromatic carbocycles. The van der Waals surface area contributed by atoms with Gasteiger partial charge in [0.2, 0.25) is 13.6 Å². The van der Waals surface area contributed by atoms with Crippen molar-refractivity contribution in [2.45, 2.75) is 0 Å². The van der Waals surface area contributed by atoms with E-state index < -0.39 is 4.92 Å². The number of nitro benzene ring substituents is 1. The predicted molar refractivity (Wildman–Crippen MR) is 85.1 cm³/mol. The predicted octanol–water partition coefficient (Wildman–Crippen LogP) is 2.95. The Bertz CT molecular complexity index is 919. The molecule has 2 heterocycles. The van der Waals surface area contributed by atoms with Gasteiger partial charge < -0.3 is 18.9 Å². The first-order chi connectivity index (χ1) is 12.1. The van der Waals surface area contributed by atoms with Crippen LogP contribution in [-0.2, 0) is 0 Å². The molecule has 2 aromatic rings. The molecule has 0 N–H and O–H groups in total. The summed E-state index contributed by atoms with van der Waals surface area (Å²) in [4.78, 5) is 23.0. The number of ether oxygens (including phenoxy) is 4. The molecule has 0 unspecified atom stereocenters.